The lowest BCUT2D eigenvalue weighted by Gasteiger charge is -2.17. The van der Waals surface area contributed by atoms with Gasteiger partial charge in [0.05, 0.1) is 5.56 Å². The van der Waals surface area contributed by atoms with E-state index in [1.54, 1.807) is 18.3 Å². The number of carbonyl (C=O) groups excluding carboxylic acids is 1. The van der Waals surface area contributed by atoms with E-state index in [-0.39, 0.29) is 12.0 Å². The third-order valence-electron chi connectivity index (χ3n) is 5.55. The van der Waals surface area contributed by atoms with E-state index in [4.69, 9.17) is 4.74 Å². The van der Waals surface area contributed by atoms with E-state index in [2.05, 4.69) is 30.5 Å². The molecule has 3 heterocycles. The van der Waals surface area contributed by atoms with E-state index in [0.717, 1.165) is 37.4 Å². The van der Waals surface area contributed by atoms with Gasteiger partial charge in [-0.15, -0.1) is 0 Å². The smallest absolute Gasteiger partial charge is 0.252 e. The number of nitrogens with one attached hydrogen (secondary N) is 2. The van der Waals surface area contributed by atoms with Crippen molar-refractivity contribution in [1.82, 2.24) is 20.3 Å². The van der Waals surface area contributed by atoms with Crippen molar-refractivity contribution < 1.29 is 9.53 Å². The Hall–Kier alpha value is -2.90. The molecule has 1 aliphatic carbocycles. The predicted octanol–water partition coefficient (Wildman–Crippen LogP) is 2.94. The number of aryl methyl sites for hydroxylation is 1. The molecule has 30 heavy (non-hydrogen) atoms. The van der Waals surface area contributed by atoms with Gasteiger partial charge in [-0.2, -0.15) is 4.98 Å². The van der Waals surface area contributed by atoms with Gasteiger partial charge < -0.3 is 20.3 Å². The number of ether oxygens (including phenoxy) is 1. The second-order valence-corrected chi connectivity index (χ2v) is 7.98. The molecule has 0 radical (unpaired) electrons. The van der Waals surface area contributed by atoms with Crippen LogP contribution < -0.4 is 20.3 Å². The number of amides is 1. The highest BCUT2D eigenvalue weighted by atomic mass is 16.5. The van der Waals surface area contributed by atoms with Crippen LogP contribution in [0.25, 0.3) is 0 Å². The van der Waals surface area contributed by atoms with Crippen LogP contribution >= 0.6 is 0 Å². The lowest BCUT2D eigenvalue weighted by Crippen LogP contribution is -2.29. The van der Waals surface area contributed by atoms with Gasteiger partial charge in [0.25, 0.3) is 5.91 Å². The van der Waals surface area contributed by atoms with Gasteiger partial charge in [-0.05, 0) is 51.5 Å². The van der Waals surface area contributed by atoms with E-state index in [9.17, 15) is 4.79 Å². The van der Waals surface area contributed by atoms with Gasteiger partial charge in [0.1, 0.15) is 11.9 Å². The fourth-order valence-corrected chi connectivity index (χ4v) is 3.95. The Balaban J connectivity index is 1.23. The number of hydrogen-bond donors (Lipinski definition) is 2. The van der Waals surface area contributed by atoms with E-state index in [1.165, 1.54) is 25.7 Å². The lowest BCUT2D eigenvalue weighted by atomic mass is 10.2. The Morgan fingerprint density at radius 3 is 2.67 bits per heavy atom. The summed E-state index contributed by atoms with van der Waals surface area (Å²) in [5.74, 6) is 2.00. The average Bonchev–Trinajstić information content (AvgIpc) is 3.45. The van der Waals surface area contributed by atoms with Gasteiger partial charge in [0, 0.05) is 50.2 Å². The number of pyridine rings is 1. The molecule has 160 valence electrons. The van der Waals surface area contributed by atoms with Crippen molar-refractivity contribution in [2.75, 3.05) is 36.4 Å². The maximum atomic E-state index is 12.3. The molecule has 1 aliphatic heterocycles. The van der Waals surface area contributed by atoms with Crippen molar-refractivity contribution in [3.8, 4) is 5.88 Å². The van der Waals surface area contributed by atoms with Gasteiger partial charge in [-0.25, -0.2) is 9.97 Å². The number of aromatic nitrogens is 3. The lowest BCUT2D eigenvalue weighted by molar-refractivity contribution is 0.0954. The zero-order valence-electron chi connectivity index (χ0n) is 17.6. The molecule has 2 N–H and O–H groups in total. The Kier molecular flexibility index (Phi) is 6.61. The number of hydrogen-bond acceptors (Lipinski definition) is 7. The molecule has 1 saturated heterocycles. The number of anilines is 2. The Labute approximate surface area is 177 Å². The van der Waals surface area contributed by atoms with E-state index < -0.39 is 0 Å². The minimum Gasteiger partial charge on any atom is -0.474 e. The SMILES string of the molecule is Cc1cc(N2CCCC2)nc(NCCNC(=O)c2ccc(OC3CCCC3)nc2)n1. The first-order valence-electron chi connectivity index (χ1n) is 10.9. The first-order chi connectivity index (χ1) is 14.7. The molecule has 1 amide bonds. The van der Waals surface area contributed by atoms with Gasteiger partial charge in [-0.3, -0.25) is 4.79 Å². The monoisotopic (exact) mass is 410 g/mol. The molecule has 0 atom stereocenters. The highest BCUT2D eigenvalue weighted by Gasteiger charge is 2.17. The van der Waals surface area contributed by atoms with E-state index in [1.807, 2.05) is 13.0 Å². The van der Waals surface area contributed by atoms with Crippen LogP contribution in [0.4, 0.5) is 11.8 Å². The van der Waals surface area contributed by atoms with E-state index >= 15 is 0 Å². The van der Waals surface area contributed by atoms with Crippen LogP contribution in [0.1, 0.15) is 54.6 Å². The fraction of sp³-hybridized carbons (Fsp3) is 0.545. The fourth-order valence-electron chi connectivity index (χ4n) is 3.95. The van der Waals surface area contributed by atoms with Crippen molar-refractivity contribution in [1.29, 1.82) is 0 Å². The summed E-state index contributed by atoms with van der Waals surface area (Å²) < 4.78 is 5.84. The first kappa shape index (κ1) is 20.4. The molecule has 8 nitrogen and oxygen atoms in total. The molecule has 0 unspecified atom stereocenters. The number of carbonyl (C=O) groups is 1. The van der Waals surface area contributed by atoms with Gasteiger partial charge in [0.15, 0.2) is 0 Å². The predicted molar refractivity (Wildman–Crippen MR) is 116 cm³/mol. The quantitative estimate of drug-likeness (QED) is 0.647. The second kappa shape index (κ2) is 9.73. The normalized spacial score (nSPS) is 16.6. The maximum absolute atomic E-state index is 12.3. The minimum atomic E-state index is -0.153. The van der Waals surface area contributed by atoms with Crippen molar-refractivity contribution >= 4 is 17.7 Å². The summed E-state index contributed by atoms with van der Waals surface area (Å²) in [7, 11) is 0. The van der Waals surface area contributed by atoms with Crippen LogP contribution in [0, 0.1) is 6.92 Å². The molecule has 8 heteroatoms. The molecule has 0 spiro atoms. The molecule has 1 saturated carbocycles. The molecule has 2 aromatic rings. The van der Waals surface area contributed by atoms with Gasteiger partial charge in [-0.1, -0.05) is 0 Å². The zero-order valence-corrected chi connectivity index (χ0v) is 17.6. The van der Waals surface area contributed by atoms with Crippen molar-refractivity contribution in [3.05, 3.63) is 35.7 Å². The molecule has 2 aromatic heterocycles. The van der Waals surface area contributed by atoms with Gasteiger partial charge in [0.2, 0.25) is 11.8 Å². The summed E-state index contributed by atoms with van der Waals surface area (Å²) in [6.45, 7) is 5.08. The van der Waals surface area contributed by atoms with E-state index in [0.29, 0.717) is 30.5 Å². The zero-order chi connectivity index (χ0) is 20.8. The largest absolute Gasteiger partial charge is 0.474 e. The summed E-state index contributed by atoms with van der Waals surface area (Å²) in [6, 6.07) is 5.54. The molecule has 2 fully saturated rings. The Morgan fingerprint density at radius 2 is 1.93 bits per heavy atom. The van der Waals surface area contributed by atoms with Crippen molar-refractivity contribution in [2.45, 2.75) is 51.6 Å². The molecule has 2 aliphatic rings. The minimum absolute atomic E-state index is 0.153. The summed E-state index contributed by atoms with van der Waals surface area (Å²) >= 11 is 0. The van der Waals surface area contributed by atoms with Crippen molar-refractivity contribution in [2.24, 2.45) is 0 Å². The first-order valence-corrected chi connectivity index (χ1v) is 10.9. The highest BCUT2D eigenvalue weighted by Crippen LogP contribution is 2.23. The summed E-state index contributed by atoms with van der Waals surface area (Å²) in [5, 5.41) is 6.10. The van der Waals surface area contributed by atoms with Gasteiger partial charge >= 0.3 is 0 Å². The average molecular weight is 411 g/mol. The maximum Gasteiger partial charge on any atom is 0.252 e. The van der Waals surface area contributed by atoms with Crippen LogP contribution in [0.3, 0.4) is 0 Å². The third-order valence-corrected chi connectivity index (χ3v) is 5.55. The molecular formula is C22H30N6O2. The summed E-state index contributed by atoms with van der Waals surface area (Å²) in [5.41, 5.74) is 1.46. The second-order valence-electron chi connectivity index (χ2n) is 7.98. The van der Waals surface area contributed by atoms with Crippen LogP contribution in [0.15, 0.2) is 24.4 Å². The number of rotatable bonds is 8. The van der Waals surface area contributed by atoms with Crippen LogP contribution in [-0.4, -0.2) is 53.1 Å². The highest BCUT2D eigenvalue weighted by molar-refractivity contribution is 5.93. The standard InChI is InChI=1S/C22H30N6O2/c1-16-14-19(28-12-4-5-13-28)27-22(26-16)24-11-10-23-21(29)17-8-9-20(25-15-17)30-18-6-2-3-7-18/h8-9,14-15,18H,2-7,10-13H2,1H3,(H,23,29)(H,24,26,27). The van der Waals surface area contributed by atoms with Crippen LogP contribution in [-0.2, 0) is 0 Å². The van der Waals surface area contributed by atoms with Crippen molar-refractivity contribution in [3.63, 3.8) is 0 Å². The van der Waals surface area contributed by atoms with Crippen LogP contribution in [0.5, 0.6) is 5.88 Å². The Bertz CT molecular complexity index is 845. The molecular weight excluding hydrogens is 380 g/mol. The molecule has 4 rings (SSSR count). The Morgan fingerprint density at radius 1 is 1.13 bits per heavy atom. The van der Waals surface area contributed by atoms with Crippen LogP contribution in [0.2, 0.25) is 0 Å². The molecule has 0 aromatic carbocycles. The third kappa shape index (κ3) is 5.37. The topological polar surface area (TPSA) is 92.3 Å². The summed E-state index contributed by atoms with van der Waals surface area (Å²) in [6.07, 6.45) is 8.85. The number of nitrogens with zero attached hydrogens (tertiary/aromatic N) is 4. The summed E-state index contributed by atoms with van der Waals surface area (Å²) in [4.78, 5) is 28.0. The molecule has 0 bridgehead atoms.